The summed E-state index contributed by atoms with van der Waals surface area (Å²) in [5.74, 6) is 0.233. The van der Waals surface area contributed by atoms with Crippen molar-refractivity contribution in [3.8, 4) is 5.69 Å². The number of carbonyl (C=O) groups is 1. The van der Waals surface area contributed by atoms with E-state index in [1.807, 2.05) is 19.1 Å². The summed E-state index contributed by atoms with van der Waals surface area (Å²) in [6, 6.07) is 7.31. The first-order chi connectivity index (χ1) is 11.5. The number of aliphatic hydroxyl groups is 1. The normalized spacial score (nSPS) is 20.8. The Hall–Kier alpha value is -1.85. The molecule has 0 spiro atoms. The van der Waals surface area contributed by atoms with Crippen molar-refractivity contribution in [3.63, 3.8) is 0 Å². The number of aromatic nitrogens is 2. The van der Waals surface area contributed by atoms with Gasteiger partial charge in [-0.2, -0.15) is 5.10 Å². The molecule has 2 N–H and O–H groups in total. The lowest BCUT2D eigenvalue weighted by Crippen LogP contribution is -2.33. The molecule has 1 fully saturated rings. The third-order valence-electron chi connectivity index (χ3n) is 4.54. The van der Waals surface area contributed by atoms with Crippen molar-refractivity contribution in [1.82, 2.24) is 15.1 Å². The van der Waals surface area contributed by atoms with E-state index in [-0.39, 0.29) is 12.0 Å². The molecule has 1 amide bonds. The monoisotopic (exact) mass is 347 g/mol. The number of hydrogen-bond acceptors (Lipinski definition) is 3. The highest BCUT2D eigenvalue weighted by Crippen LogP contribution is 2.23. The van der Waals surface area contributed by atoms with Crippen LogP contribution in [-0.2, 0) is 0 Å². The molecule has 24 heavy (non-hydrogen) atoms. The third kappa shape index (κ3) is 3.97. The van der Waals surface area contributed by atoms with Gasteiger partial charge in [0.05, 0.1) is 23.0 Å². The number of aliphatic hydroxyl groups excluding tert-OH is 1. The van der Waals surface area contributed by atoms with Gasteiger partial charge in [0.1, 0.15) is 0 Å². The largest absolute Gasteiger partial charge is 0.393 e. The molecule has 0 saturated heterocycles. The number of amides is 1. The number of hydrogen-bond donors (Lipinski definition) is 2. The summed E-state index contributed by atoms with van der Waals surface area (Å²) in [5.41, 5.74) is 2.12. The van der Waals surface area contributed by atoms with Crippen LogP contribution in [0.4, 0.5) is 0 Å². The molecule has 128 valence electrons. The predicted octanol–water partition coefficient (Wildman–Crippen LogP) is 3.12. The van der Waals surface area contributed by atoms with E-state index in [0.29, 0.717) is 28.7 Å². The lowest BCUT2D eigenvalue weighted by molar-refractivity contribution is 0.0873. The van der Waals surface area contributed by atoms with Gasteiger partial charge in [-0.3, -0.25) is 4.79 Å². The molecule has 1 heterocycles. The Morgan fingerprint density at radius 1 is 1.38 bits per heavy atom. The molecular formula is C18H22ClN3O2. The number of rotatable bonds is 4. The molecule has 1 aliphatic rings. The summed E-state index contributed by atoms with van der Waals surface area (Å²) >= 11 is 5.90. The topological polar surface area (TPSA) is 67.2 Å². The molecule has 6 heteroatoms. The summed E-state index contributed by atoms with van der Waals surface area (Å²) in [7, 11) is 0. The zero-order valence-corrected chi connectivity index (χ0v) is 14.5. The molecule has 2 atom stereocenters. The quantitative estimate of drug-likeness (QED) is 0.893. The van der Waals surface area contributed by atoms with E-state index in [1.165, 1.54) is 0 Å². The lowest BCUT2D eigenvalue weighted by Gasteiger charge is -2.25. The van der Waals surface area contributed by atoms with Gasteiger partial charge < -0.3 is 10.4 Å². The zero-order valence-electron chi connectivity index (χ0n) is 13.7. The van der Waals surface area contributed by atoms with Crippen molar-refractivity contribution in [1.29, 1.82) is 0 Å². The van der Waals surface area contributed by atoms with Gasteiger partial charge in [0.2, 0.25) is 0 Å². The molecule has 0 radical (unpaired) electrons. The Kier molecular flexibility index (Phi) is 5.21. The fraction of sp³-hybridized carbons (Fsp3) is 0.444. The summed E-state index contributed by atoms with van der Waals surface area (Å²) in [6.07, 6.45) is 5.23. The maximum absolute atomic E-state index is 12.4. The Balaban J connectivity index is 1.65. The van der Waals surface area contributed by atoms with Crippen molar-refractivity contribution < 1.29 is 9.90 Å². The molecule has 2 unspecified atom stereocenters. The van der Waals surface area contributed by atoms with Crippen molar-refractivity contribution in [2.24, 2.45) is 5.92 Å². The number of nitrogens with zero attached hydrogens (tertiary/aromatic N) is 2. The van der Waals surface area contributed by atoms with Crippen LogP contribution in [0, 0.1) is 12.8 Å². The summed E-state index contributed by atoms with van der Waals surface area (Å²) in [4.78, 5) is 12.4. The SMILES string of the molecule is Cc1nn(-c2ccc(Cl)cc2)cc1C(=O)NCC1CCCC(O)C1. The Morgan fingerprint density at radius 2 is 2.12 bits per heavy atom. The predicted molar refractivity (Wildman–Crippen MR) is 93.6 cm³/mol. The molecule has 0 bridgehead atoms. The maximum Gasteiger partial charge on any atom is 0.254 e. The van der Waals surface area contributed by atoms with Gasteiger partial charge >= 0.3 is 0 Å². The minimum atomic E-state index is -0.227. The molecule has 3 rings (SSSR count). The van der Waals surface area contributed by atoms with Gasteiger partial charge in [-0.1, -0.05) is 18.0 Å². The van der Waals surface area contributed by atoms with Crippen LogP contribution in [0.25, 0.3) is 5.69 Å². The van der Waals surface area contributed by atoms with Gasteiger partial charge in [0, 0.05) is 17.8 Å². The number of benzene rings is 1. The van der Waals surface area contributed by atoms with Crippen LogP contribution in [0.2, 0.25) is 5.02 Å². The number of aryl methyl sites for hydroxylation is 1. The Labute approximate surface area is 146 Å². The van der Waals surface area contributed by atoms with Gasteiger partial charge in [-0.15, -0.1) is 0 Å². The molecule has 1 aliphatic carbocycles. The second-order valence-corrected chi connectivity index (χ2v) is 6.88. The zero-order chi connectivity index (χ0) is 17.1. The molecule has 5 nitrogen and oxygen atoms in total. The van der Waals surface area contributed by atoms with E-state index in [1.54, 1.807) is 23.0 Å². The second kappa shape index (κ2) is 7.36. The van der Waals surface area contributed by atoms with Crippen LogP contribution in [-0.4, -0.2) is 33.4 Å². The van der Waals surface area contributed by atoms with E-state index < -0.39 is 0 Å². The standard InChI is InChI=1S/C18H22ClN3O2/c1-12-17(11-22(21-12)15-7-5-14(19)6-8-15)18(24)20-10-13-3-2-4-16(23)9-13/h5-8,11,13,16,23H,2-4,9-10H2,1H3,(H,20,24). The van der Waals surface area contributed by atoms with Crippen LogP contribution in [0.15, 0.2) is 30.5 Å². The van der Waals surface area contributed by atoms with Crippen LogP contribution >= 0.6 is 11.6 Å². The Morgan fingerprint density at radius 3 is 2.83 bits per heavy atom. The third-order valence-corrected chi connectivity index (χ3v) is 4.79. The van der Waals surface area contributed by atoms with Crippen molar-refractivity contribution in [2.45, 2.75) is 38.7 Å². The first kappa shape index (κ1) is 17.0. The first-order valence-corrected chi connectivity index (χ1v) is 8.69. The summed E-state index contributed by atoms with van der Waals surface area (Å²) in [6.45, 7) is 2.42. The van der Waals surface area contributed by atoms with Crippen LogP contribution in [0.3, 0.4) is 0 Å². The molecular weight excluding hydrogens is 326 g/mol. The second-order valence-electron chi connectivity index (χ2n) is 6.45. The van der Waals surface area contributed by atoms with Gasteiger partial charge in [-0.25, -0.2) is 4.68 Å². The van der Waals surface area contributed by atoms with Gasteiger partial charge in [-0.05, 0) is 56.4 Å². The van der Waals surface area contributed by atoms with Crippen molar-refractivity contribution in [3.05, 3.63) is 46.7 Å². The van der Waals surface area contributed by atoms with E-state index in [4.69, 9.17) is 11.6 Å². The van der Waals surface area contributed by atoms with E-state index in [9.17, 15) is 9.90 Å². The fourth-order valence-electron chi connectivity index (χ4n) is 3.19. The van der Waals surface area contributed by atoms with Gasteiger partial charge in [0.15, 0.2) is 0 Å². The van der Waals surface area contributed by atoms with Crippen molar-refractivity contribution in [2.75, 3.05) is 6.54 Å². The number of nitrogens with one attached hydrogen (secondary N) is 1. The average Bonchev–Trinajstić information content (AvgIpc) is 2.95. The average molecular weight is 348 g/mol. The molecule has 1 aromatic carbocycles. The summed E-state index contributed by atoms with van der Waals surface area (Å²) in [5, 5.41) is 17.8. The molecule has 1 saturated carbocycles. The minimum Gasteiger partial charge on any atom is -0.393 e. The molecule has 1 aromatic heterocycles. The van der Waals surface area contributed by atoms with Crippen LogP contribution < -0.4 is 5.32 Å². The molecule has 2 aromatic rings. The van der Waals surface area contributed by atoms with Crippen LogP contribution in [0.1, 0.15) is 41.7 Å². The number of carbonyl (C=O) groups excluding carboxylic acids is 1. The maximum atomic E-state index is 12.4. The highest BCUT2D eigenvalue weighted by atomic mass is 35.5. The Bertz CT molecular complexity index is 712. The van der Waals surface area contributed by atoms with E-state index >= 15 is 0 Å². The van der Waals surface area contributed by atoms with E-state index in [0.717, 1.165) is 31.4 Å². The van der Waals surface area contributed by atoms with E-state index in [2.05, 4.69) is 10.4 Å². The molecule has 0 aliphatic heterocycles. The minimum absolute atomic E-state index is 0.118. The summed E-state index contributed by atoms with van der Waals surface area (Å²) < 4.78 is 1.69. The smallest absolute Gasteiger partial charge is 0.254 e. The number of halogens is 1. The first-order valence-electron chi connectivity index (χ1n) is 8.31. The highest BCUT2D eigenvalue weighted by molar-refractivity contribution is 6.30. The van der Waals surface area contributed by atoms with Gasteiger partial charge in [0.25, 0.3) is 5.91 Å². The fourth-order valence-corrected chi connectivity index (χ4v) is 3.32. The highest BCUT2D eigenvalue weighted by Gasteiger charge is 2.21. The lowest BCUT2D eigenvalue weighted by atomic mass is 9.87. The van der Waals surface area contributed by atoms with Crippen molar-refractivity contribution >= 4 is 17.5 Å². The van der Waals surface area contributed by atoms with Crippen LogP contribution in [0.5, 0.6) is 0 Å².